The monoisotopic (exact) mass is 217 g/mol. The summed E-state index contributed by atoms with van der Waals surface area (Å²) in [5, 5.41) is 3.35. The zero-order chi connectivity index (χ0) is 11.0. The van der Waals surface area contributed by atoms with Gasteiger partial charge in [0.1, 0.15) is 5.82 Å². The Hall–Kier alpha value is -1.42. The molecule has 0 aliphatic carbocycles. The van der Waals surface area contributed by atoms with Crippen LogP contribution in [0.5, 0.6) is 0 Å². The van der Waals surface area contributed by atoms with Crippen molar-refractivity contribution < 1.29 is 4.79 Å². The van der Waals surface area contributed by atoms with Crippen LogP contribution >= 0.6 is 0 Å². The lowest BCUT2D eigenvalue weighted by Gasteiger charge is -2.21. The van der Waals surface area contributed by atoms with Crippen LogP contribution < -0.4 is 10.2 Å². The molecule has 1 N–H and O–H groups in total. The van der Waals surface area contributed by atoms with E-state index < -0.39 is 0 Å². The predicted octanol–water partition coefficient (Wildman–Crippen LogP) is 0.798. The second kappa shape index (κ2) is 3.56. The molecule has 1 spiro atoms. The average molecular weight is 217 g/mol. The Balaban J connectivity index is 1.86. The first-order valence-corrected chi connectivity index (χ1v) is 5.71. The van der Waals surface area contributed by atoms with Gasteiger partial charge in [-0.3, -0.25) is 9.69 Å². The fourth-order valence-electron chi connectivity index (χ4n) is 2.70. The van der Waals surface area contributed by atoms with Crippen molar-refractivity contribution in [1.29, 1.82) is 0 Å². The molecule has 0 bridgehead atoms. The number of hydrogen-bond donors (Lipinski definition) is 1. The first-order valence-electron chi connectivity index (χ1n) is 5.71. The predicted molar refractivity (Wildman–Crippen MR) is 61.1 cm³/mol. The molecule has 2 aliphatic heterocycles. The quantitative estimate of drug-likeness (QED) is 0.756. The van der Waals surface area contributed by atoms with Crippen LogP contribution in [0.4, 0.5) is 5.82 Å². The highest BCUT2D eigenvalue weighted by atomic mass is 16.2. The molecule has 16 heavy (non-hydrogen) atoms. The van der Waals surface area contributed by atoms with Crippen molar-refractivity contribution in [3.63, 3.8) is 0 Å². The minimum atomic E-state index is 0.161. The maximum Gasteiger partial charge on any atom is 0.228 e. The summed E-state index contributed by atoms with van der Waals surface area (Å²) < 4.78 is 0. The first kappa shape index (κ1) is 9.78. The van der Waals surface area contributed by atoms with Crippen LogP contribution in [0.2, 0.25) is 0 Å². The van der Waals surface area contributed by atoms with Crippen molar-refractivity contribution in [1.82, 2.24) is 10.3 Å². The highest BCUT2D eigenvalue weighted by molar-refractivity contribution is 5.95. The highest BCUT2D eigenvalue weighted by Crippen LogP contribution is 2.38. The van der Waals surface area contributed by atoms with Crippen LogP contribution in [-0.4, -0.2) is 30.5 Å². The normalized spacial score (nSPS) is 29.2. The molecule has 1 unspecified atom stereocenters. The van der Waals surface area contributed by atoms with Gasteiger partial charge in [0.15, 0.2) is 0 Å². The fourth-order valence-corrected chi connectivity index (χ4v) is 2.70. The van der Waals surface area contributed by atoms with E-state index in [9.17, 15) is 4.79 Å². The Morgan fingerprint density at radius 3 is 3.06 bits per heavy atom. The lowest BCUT2D eigenvalue weighted by molar-refractivity contribution is -0.117. The zero-order valence-electron chi connectivity index (χ0n) is 9.15. The van der Waals surface area contributed by atoms with Gasteiger partial charge in [0, 0.05) is 31.1 Å². The van der Waals surface area contributed by atoms with Crippen LogP contribution in [0.25, 0.3) is 0 Å². The van der Waals surface area contributed by atoms with E-state index in [4.69, 9.17) is 0 Å². The Morgan fingerprint density at radius 2 is 2.38 bits per heavy atom. The summed E-state index contributed by atoms with van der Waals surface area (Å²) in [5.74, 6) is 0.999. The summed E-state index contributed by atoms with van der Waals surface area (Å²) in [4.78, 5) is 18.1. The van der Waals surface area contributed by atoms with Crippen LogP contribution in [0.1, 0.15) is 12.8 Å². The number of pyridine rings is 1. The molecule has 3 rings (SSSR count). The van der Waals surface area contributed by atoms with Crippen molar-refractivity contribution in [2.45, 2.75) is 12.8 Å². The topological polar surface area (TPSA) is 45.2 Å². The second-order valence-corrected chi connectivity index (χ2v) is 4.77. The maximum absolute atomic E-state index is 12.0. The van der Waals surface area contributed by atoms with Crippen molar-refractivity contribution in [3.05, 3.63) is 24.4 Å². The third-order valence-electron chi connectivity index (χ3n) is 3.58. The van der Waals surface area contributed by atoms with Gasteiger partial charge in [-0.15, -0.1) is 0 Å². The van der Waals surface area contributed by atoms with Gasteiger partial charge in [0.05, 0.1) is 0 Å². The van der Waals surface area contributed by atoms with E-state index in [1.165, 1.54) is 0 Å². The smallest absolute Gasteiger partial charge is 0.228 e. The third-order valence-corrected chi connectivity index (χ3v) is 3.58. The fraction of sp³-hybridized carbons (Fsp3) is 0.500. The summed E-state index contributed by atoms with van der Waals surface area (Å²) in [6.07, 6.45) is 3.50. The molecule has 2 fully saturated rings. The first-order chi connectivity index (χ1) is 7.79. The van der Waals surface area contributed by atoms with Crippen molar-refractivity contribution in [2.75, 3.05) is 24.5 Å². The minimum absolute atomic E-state index is 0.161. The molecule has 2 saturated heterocycles. The molecule has 1 amide bonds. The molecular formula is C12H15N3O. The van der Waals surface area contributed by atoms with Crippen LogP contribution in [-0.2, 0) is 4.79 Å². The molecule has 1 atom stereocenters. The van der Waals surface area contributed by atoms with E-state index >= 15 is 0 Å². The lowest BCUT2D eigenvalue weighted by Crippen LogP contribution is -2.30. The number of nitrogens with one attached hydrogen (secondary N) is 1. The molecule has 2 aliphatic rings. The maximum atomic E-state index is 12.0. The Bertz CT molecular complexity index is 398. The van der Waals surface area contributed by atoms with Crippen molar-refractivity contribution in [2.24, 2.45) is 5.41 Å². The van der Waals surface area contributed by atoms with Crippen molar-refractivity contribution >= 4 is 11.7 Å². The molecular weight excluding hydrogens is 202 g/mol. The van der Waals surface area contributed by atoms with Gasteiger partial charge < -0.3 is 5.32 Å². The van der Waals surface area contributed by atoms with Gasteiger partial charge in [-0.1, -0.05) is 6.07 Å². The summed E-state index contributed by atoms with van der Waals surface area (Å²) in [5.41, 5.74) is 0.161. The van der Waals surface area contributed by atoms with Crippen LogP contribution in [0.3, 0.4) is 0 Å². The molecule has 0 radical (unpaired) electrons. The third kappa shape index (κ3) is 1.50. The van der Waals surface area contributed by atoms with Crippen LogP contribution in [0.15, 0.2) is 24.4 Å². The lowest BCUT2D eigenvalue weighted by atomic mass is 9.86. The van der Waals surface area contributed by atoms with Gasteiger partial charge in [-0.25, -0.2) is 4.98 Å². The molecule has 3 heterocycles. The standard InChI is InChI=1S/C12H15N3O/c16-11-7-12(4-6-13-8-12)9-15(11)10-3-1-2-5-14-10/h1-3,5,13H,4,6-9H2. The molecule has 1 aromatic heterocycles. The number of rotatable bonds is 1. The summed E-state index contributed by atoms with van der Waals surface area (Å²) in [7, 11) is 0. The van der Waals surface area contributed by atoms with E-state index in [-0.39, 0.29) is 11.3 Å². The highest BCUT2D eigenvalue weighted by Gasteiger charge is 2.45. The second-order valence-electron chi connectivity index (χ2n) is 4.77. The molecule has 0 saturated carbocycles. The van der Waals surface area contributed by atoms with Gasteiger partial charge in [0.25, 0.3) is 0 Å². The molecule has 1 aromatic rings. The van der Waals surface area contributed by atoms with Gasteiger partial charge in [-0.05, 0) is 25.1 Å². The summed E-state index contributed by atoms with van der Waals surface area (Å²) >= 11 is 0. The zero-order valence-corrected chi connectivity index (χ0v) is 9.15. The summed E-state index contributed by atoms with van der Waals surface area (Å²) in [6, 6.07) is 5.70. The molecule has 84 valence electrons. The van der Waals surface area contributed by atoms with E-state index in [0.29, 0.717) is 6.42 Å². The molecule has 0 aromatic carbocycles. The average Bonchev–Trinajstić information content (AvgIpc) is 2.88. The Morgan fingerprint density at radius 1 is 1.44 bits per heavy atom. The van der Waals surface area contributed by atoms with Gasteiger partial charge >= 0.3 is 0 Å². The Labute approximate surface area is 94.7 Å². The Kier molecular flexibility index (Phi) is 2.17. The number of carbonyl (C=O) groups excluding carboxylic acids is 1. The number of amides is 1. The minimum Gasteiger partial charge on any atom is -0.316 e. The molecule has 4 heteroatoms. The number of aromatic nitrogens is 1. The number of nitrogens with zero attached hydrogens (tertiary/aromatic N) is 2. The molecule has 4 nitrogen and oxygen atoms in total. The van der Waals surface area contributed by atoms with E-state index in [0.717, 1.165) is 31.9 Å². The van der Waals surface area contributed by atoms with E-state index in [2.05, 4.69) is 10.3 Å². The van der Waals surface area contributed by atoms with Gasteiger partial charge in [0.2, 0.25) is 5.91 Å². The van der Waals surface area contributed by atoms with Crippen LogP contribution in [0, 0.1) is 5.41 Å². The van der Waals surface area contributed by atoms with Crippen molar-refractivity contribution in [3.8, 4) is 0 Å². The van der Waals surface area contributed by atoms with E-state index in [1.54, 1.807) is 6.20 Å². The largest absolute Gasteiger partial charge is 0.316 e. The van der Waals surface area contributed by atoms with Gasteiger partial charge in [-0.2, -0.15) is 0 Å². The van der Waals surface area contributed by atoms with E-state index in [1.807, 2.05) is 23.1 Å². The summed E-state index contributed by atoms with van der Waals surface area (Å²) in [6.45, 7) is 2.81. The number of anilines is 1. The number of hydrogen-bond acceptors (Lipinski definition) is 3. The SMILES string of the molecule is O=C1CC2(CCNC2)CN1c1ccccn1. The number of carbonyl (C=O) groups is 1.